The van der Waals surface area contributed by atoms with Gasteiger partial charge in [-0.3, -0.25) is 0 Å². The Balaban J connectivity index is 1.64. The van der Waals surface area contributed by atoms with E-state index in [-0.39, 0.29) is 0 Å². The van der Waals surface area contributed by atoms with Gasteiger partial charge >= 0.3 is 0 Å². The molecule has 0 aliphatic heterocycles. The Labute approximate surface area is 139 Å². The molecule has 0 radical (unpaired) electrons. The Kier molecular flexibility index (Phi) is 3.54. The highest BCUT2D eigenvalue weighted by atomic mass is 16.3. The number of rotatable bonds is 3. The number of benzene rings is 1. The number of fused-ring (bicyclic) bond motifs is 2. The molecule has 1 aromatic carbocycles. The van der Waals surface area contributed by atoms with Crippen LogP contribution in [-0.2, 0) is 12.0 Å². The smallest absolute Gasteiger partial charge is 0.166 e. The third kappa shape index (κ3) is 2.55. The maximum absolute atomic E-state index is 11.2. The lowest BCUT2D eigenvalue weighted by molar-refractivity contribution is 0.0322. The van der Waals surface area contributed by atoms with Gasteiger partial charge in [-0.15, -0.1) is 0 Å². The van der Waals surface area contributed by atoms with Crippen molar-refractivity contribution in [3.8, 4) is 0 Å². The predicted octanol–water partition coefficient (Wildman–Crippen LogP) is 2.24. The molecule has 6 heteroatoms. The highest BCUT2D eigenvalue weighted by molar-refractivity contribution is 5.87. The summed E-state index contributed by atoms with van der Waals surface area (Å²) in [5, 5.41) is 15.2. The summed E-state index contributed by atoms with van der Waals surface area (Å²) in [6.07, 6.45) is 4.16. The molecule has 0 fully saturated rings. The summed E-state index contributed by atoms with van der Waals surface area (Å²) in [5.41, 5.74) is 7.58. The normalized spacial score (nSPS) is 19.9. The molecule has 0 saturated carbocycles. The molecule has 2 aromatic heterocycles. The maximum atomic E-state index is 11.2. The molecule has 0 saturated heterocycles. The molecule has 1 unspecified atom stereocenters. The van der Waals surface area contributed by atoms with Crippen LogP contribution in [0.15, 0.2) is 42.7 Å². The van der Waals surface area contributed by atoms with Crippen molar-refractivity contribution in [3.63, 3.8) is 0 Å². The van der Waals surface area contributed by atoms with E-state index >= 15 is 0 Å². The van der Waals surface area contributed by atoms with Crippen LogP contribution in [0.4, 0.5) is 11.6 Å². The van der Waals surface area contributed by atoms with E-state index in [0.29, 0.717) is 23.8 Å². The van der Waals surface area contributed by atoms with Gasteiger partial charge in [-0.2, -0.15) is 0 Å². The second-order valence-electron chi connectivity index (χ2n) is 6.23. The van der Waals surface area contributed by atoms with Crippen LogP contribution in [0.3, 0.4) is 0 Å². The summed E-state index contributed by atoms with van der Waals surface area (Å²) in [6.45, 7) is 0.389. The van der Waals surface area contributed by atoms with E-state index in [4.69, 9.17) is 5.73 Å². The number of hydrogen-bond donors (Lipinski definition) is 3. The number of hydrogen-bond acceptors (Lipinski definition) is 6. The third-order valence-corrected chi connectivity index (χ3v) is 4.62. The molecule has 1 aliphatic rings. The molecule has 4 rings (SSSR count). The van der Waals surface area contributed by atoms with Crippen LogP contribution in [0.1, 0.15) is 24.0 Å². The van der Waals surface area contributed by atoms with Crippen LogP contribution in [0.2, 0.25) is 0 Å². The Morgan fingerprint density at radius 1 is 1.17 bits per heavy atom. The number of aromatic nitrogens is 3. The van der Waals surface area contributed by atoms with Crippen molar-refractivity contribution in [2.75, 3.05) is 17.6 Å². The average molecular weight is 321 g/mol. The molecule has 24 heavy (non-hydrogen) atoms. The minimum absolute atomic E-state index is 0.389. The zero-order valence-corrected chi connectivity index (χ0v) is 13.2. The maximum Gasteiger partial charge on any atom is 0.166 e. The fraction of sp³-hybridized carbons (Fsp3) is 0.278. The number of nitrogens with zero attached hydrogens (tertiary/aromatic N) is 3. The Morgan fingerprint density at radius 3 is 2.96 bits per heavy atom. The summed E-state index contributed by atoms with van der Waals surface area (Å²) in [6, 6.07) is 11.7. The van der Waals surface area contributed by atoms with Gasteiger partial charge in [-0.05, 0) is 42.5 Å². The van der Waals surface area contributed by atoms with E-state index in [1.807, 2.05) is 24.3 Å². The first-order chi connectivity index (χ1) is 11.7. The monoisotopic (exact) mass is 321 g/mol. The van der Waals surface area contributed by atoms with Crippen LogP contribution < -0.4 is 11.1 Å². The van der Waals surface area contributed by atoms with Gasteiger partial charge in [0.05, 0.1) is 5.39 Å². The van der Waals surface area contributed by atoms with Crippen LogP contribution in [0, 0.1) is 0 Å². The zero-order chi connectivity index (χ0) is 16.6. The first kappa shape index (κ1) is 14.8. The molecule has 4 N–H and O–H groups in total. The summed E-state index contributed by atoms with van der Waals surface area (Å²) in [7, 11) is 0. The summed E-state index contributed by atoms with van der Waals surface area (Å²) in [5.74, 6) is 1.08. The van der Waals surface area contributed by atoms with Gasteiger partial charge in [-0.1, -0.05) is 24.3 Å². The Hall–Kier alpha value is -2.73. The fourth-order valence-electron chi connectivity index (χ4n) is 3.41. The summed E-state index contributed by atoms with van der Waals surface area (Å²) in [4.78, 5) is 12.6. The van der Waals surface area contributed by atoms with Gasteiger partial charge in [0.2, 0.25) is 0 Å². The minimum atomic E-state index is -0.895. The molecule has 0 amide bonds. The van der Waals surface area contributed by atoms with E-state index < -0.39 is 5.60 Å². The van der Waals surface area contributed by atoms with Gasteiger partial charge in [-0.25, -0.2) is 15.0 Å². The standard InChI is InChI=1S/C18H19N5O/c19-15-8-7-13-16(21-11-22-17(13)23-15)20-10-18(24)9-3-5-12-4-1-2-6-14(12)18/h1-2,4,6-8,11,24H,3,5,9-10H2,(H3,19,20,21,22,23). The minimum Gasteiger partial charge on any atom is -0.384 e. The van der Waals surface area contributed by atoms with Crippen molar-refractivity contribution in [1.82, 2.24) is 15.0 Å². The van der Waals surface area contributed by atoms with Crippen molar-refractivity contribution >= 4 is 22.7 Å². The van der Waals surface area contributed by atoms with E-state index in [0.717, 1.165) is 30.2 Å². The van der Waals surface area contributed by atoms with Crippen molar-refractivity contribution in [2.24, 2.45) is 0 Å². The molecule has 2 heterocycles. The lowest BCUT2D eigenvalue weighted by atomic mass is 9.79. The zero-order valence-electron chi connectivity index (χ0n) is 13.2. The number of pyridine rings is 1. The highest BCUT2D eigenvalue weighted by Gasteiger charge is 2.34. The van der Waals surface area contributed by atoms with Gasteiger partial charge < -0.3 is 16.2 Å². The molecule has 6 nitrogen and oxygen atoms in total. The average Bonchev–Trinajstić information content (AvgIpc) is 2.60. The van der Waals surface area contributed by atoms with Gasteiger partial charge in [0.15, 0.2) is 5.65 Å². The number of anilines is 2. The molecule has 0 bridgehead atoms. The van der Waals surface area contributed by atoms with Crippen LogP contribution in [0.25, 0.3) is 11.0 Å². The molecule has 1 aliphatic carbocycles. The van der Waals surface area contributed by atoms with E-state index in [1.165, 1.54) is 11.9 Å². The molecular weight excluding hydrogens is 302 g/mol. The number of nitrogens with one attached hydrogen (secondary N) is 1. The third-order valence-electron chi connectivity index (χ3n) is 4.62. The largest absolute Gasteiger partial charge is 0.384 e. The fourth-order valence-corrected chi connectivity index (χ4v) is 3.41. The lowest BCUT2D eigenvalue weighted by Crippen LogP contribution is -2.37. The number of nitrogens with two attached hydrogens (primary N) is 1. The molecule has 1 atom stereocenters. The van der Waals surface area contributed by atoms with E-state index in [9.17, 15) is 5.11 Å². The topological polar surface area (TPSA) is 97.0 Å². The van der Waals surface area contributed by atoms with Gasteiger partial charge in [0, 0.05) is 6.54 Å². The van der Waals surface area contributed by atoms with Crippen molar-refractivity contribution in [2.45, 2.75) is 24.9 Å². The Morgan fingerprint density at radius 2 is 2.04 bits per heavy atom. The van der Waals surface area contributed by atoms with Crippen LogP contribution >= 0.6 is 0 Å². The lowest BCUT2D eigenvalue weighted by Gasteiger charge is -2.34. The van der Waals surface area contributed by atoms with Gasteiger partial charge in [0.25, 0.3) is 0 Å². The van der Waals surface area contributed by atoms with Crippen molar-refractivity contribution < 1.29 is 5.11 Å². The first-order valence-electron chi connectivity index (χ1n) is 8.08. The molecule has 0 spiro atoms. The van der Waals surface area contributed by atoms with Gasteiger partial charge in [0.1, 0.15) is 23.6 Å². The summed E-state index contributed by atoms with van der Waals surface area (Å²) >= 11 is 0. The number of aryl methyl sites for hydroxylation is 1. The SMILES string of the molecule is Nc1ccc2c(NCC3(O)CCCc4ccccc43)ncnc2n1. The molecule has 3 aromatic rings. The quantitative estimate of drug-likeness (QED) is 0.684. The number of aliphatic hydroxyl groups is 1. The molecule has 122 valence electrons. The van der Waals surface area contributed by atoms with E-state index in [2.05, 4.69) is 26.3 Å². The first-order valence-corrected chi connectivity index (χ1v) is 8.08. The van der Waals surface area contributed by atoms with Crippen LogP contribution in [-0.4, -0.2) is 26.6 Å². The van der Waals surface area contributed by atoms with Crippen molar-refractivity contribution in [3.05, 3.63) is 53.9 Å². The second-order valence-corrected chi connectivity index (χ2v) is 6.23. The second kappa shape index (κ2) is 5.72. The summed E-state index contributed by atoms with van der Waals surface area (Å²) < 4.78 is 0. The number of nitrogen functional groups attached to an aromatic ring is 1. The van der Waals surface area contributed by atoms with E-state index in [1.54, 1.807) is 6.07 Å². The molecular formula is C18H19N5O. The Bertz CT molecular complexity index is 897. The van der Waals surface area contributed by atoms with Crippen LogP contribution in [0.5, 0.6) is 0 Å². The van der Waals surface area contributed by atoms with Crippen molar-refractivity contribution in [1.29, 1.82) is 0 Å². The predicted molar refractivity (Wildman–Crippen MR) is 93.5 cm³/mol. The highest BCUT2D eigenvalue weighted by Crippen LogP contribution is 2.35.